The van der Waals surface area contributed by atoms with Gasteiger partial charge in [-0.2, -0.15) is 0 Å². The van der Waals surface area contributed by atoms with Crippen LogP contribution in [0.1, 0.15) is 33.3 Å². The van der Waals surface area contributed by atoms with Gasteiger partial charge in [-0.25, -0.2) is 0 Å². The molecule has 0 aliphatic heterocycles. The molecule has 1 atom stereocenters. The Kier molecular flexibility index (Phi) is 8.82. The number of benzene rings is 2. The zero-order valence-electron chi connectivity index (χ0n) is 17.3. The summed E-state index contributed by atoms with van der Waals surface area (Å²) in [5, 5.41) is 3.74. The maximum Gasteiger partial charge on any atom is 0.261 e. The fourth-order valence-corrected chi connectivity index (χ4v) is 3.33. The van der Waals surface area contributed by atoms with Crippen LogP contribution in [0.5, 0.6) is 5.75 Å². The van der Waals surface area contributed by atoms with Crippen LogP contribution in [0.25, 0.3) is 0 Å². The summed E-state index contributed by atoms with van der Waals surface area (Å²) in [6.45, 7) is 7.38. The molecule has 2 amide bonds. The normalized spacial score (nSPS) is 12.2. The number of nitrogens with one attached hydrogen (secondary N) is 1. The van der Waals surface area contributed by atoms with Crippen LogP contribution >= 0.6 is 45.8 Å². The average Bonchev–Trinajstić information content (AvgIpc) is 2.66. The Bertz CT molecular complexity index is 898. The quantitative estimate of drug-likeness (QED) is 0.465. The van der Waals surface area contributed by atoms with E-state index in [-0.39, 0.29) is 25.0 Å². The van der Waals surface area contributed by atoms with Gasteiger partial charge in [0.05, 0.1) is 10.0 Å². The van der Waals surface area contributed by atoms with Crippen molar-refractivity contribution in [1.29, 1.82) is 0 Å². The van der Waals surface area contributed by atoms with Gasteiger partial charge in [0.2, 0.25) is 5.91 Å². The minimum absolute atomic E-state index is 0.185. The van der Waals surface area contributed by atoms with E-state index in [0.29, 0.717) is 15.8 Å². The molecule has 0 radical (unpaired) electrons. The van der Waals surface area contributed by atoms with Crippen LogP contribution in [0.3, 0.4) is 0 Å². The minimum atomic E-state index is -0.702. The van der Waals surface area contributed by atoms with E-state index < -0.39 is 11.6 Å². The molecule has 1 N–H and O–H groups in total. The Morgan fingerprint density at radius 1 is 1.10 bits per heavy atom. The van der Waals surface area contributed by atoms with Crippen molar-refractivity contribution < 1.29 is 14.3 Å². The molecule has 1 unspecified atom stereocenters. The van der Waals surface area contributed by atoms with Crippen molar-refractivity contribution in [1.82, 2.24) is 10.2 Å². The number of hydrogen-bond acceptors (Lipinski definition) is 3. The lowest BCUT2D eigenvalue weighted by Crippen LogP contribution is -2.53. The molecular formula is C22H25Cl2IN2O3. The summed E-state index contributed by atoms with van der Waals surface area (Å²) in [7, 11) is 0. The molecule has 162 valence electrons. The molecule has 2 aromatic rings. The second-order valence-corrected chi connectivity index (χ2v) is 9.99. The lowest BCUT2D eigenvalue weighted by Gasteiger charge is -2.31. The van der Waals surface area contributed by atoms with E-state index >= 15 is 0 Å². The molecular weight excluding hydrogens is 538 g/mol. The van der Waals surface area contributed by atoms with Crippen LogP contribution in [-0.4, -0.2) is 34.9 Å². The fourth-order valence-electron chi connectivity index (χ4n) is 2.65. The lowest BCUT2D eigenvalue weighted by molar-refractivity contribution is -0.142. The smallest absolute Gasteiger partial charge is 0.261 e. The maximum absolute atomic E-state index is 13.0. The molecule has 0 aliphatic carbocycles. The van der Waals surface area contributed by atoms with E-state index in [0.717, 1.165) is 9.13 Å². The molecule has 0 aromatic heterocycles. The molecule has 0 heterocycles. The topological polar surface area (TPSA) is 58.6 Å². The van der Waals surface area contributed by atoms with Gasteiger partial charge < -0.3 is 15.0 Å². The summed E-state index contributed by atoms with van der Waals surface area (Å²) in [5.74, 6) is 0.0337. The molecule has 8 heteroatoms. The van der Waals surface area contributed by atoms with Crippen LogP contribution in [0.4, 0.5) is 0 Å². The van der Waals surface area contributed by atoms with Crippen LogP contribution in [0, 0.1) is 3.57 Å². The maximum atomic E-state index is 13.0. The number of nitrogens with zero attached hydrogens (tertiary/aromatic N) is 1. The minimum Gasteiger partial charge on any atom is -0.484 e. The predicted molar refractivity (Wildman–Crippen MR) is 129 cm³/mol. The average molecular weight is 563 g/mol. The Morgan fingerprint density at radius 3 is 2.30 bits per heavy atom. The summed E-state index contributed by atoms with van der Waals surface area (Å²) in [5.41, 5.74) is 0.351. The molecule has 0 bridgehead atoms. The third-order valence-electron chi connectivity index (χ3n) is 4.18. The number of carbonyl (C=O) groups excluding carboxylic acids is 2. The largest absolute Gasteiger partial charge is 0.484 e. The van der Waals surface area contributed by atoms with Crippen LogP contribution in [-0.2, 0) is 16.1 Å². The van der Waals surface area contributed by atoms with Gasteiger partial charge in [-0.1, -0.05) is 29.3 Å². The SMILES string of the molecule is CC(C(=O)NC(C)(C)C)N(Cc1ccc(Cl)c(Cl)c1)C(=O)COc1ccc(I)cc1. The molecule has 5 nitrogen and oxygen atoms in total. The number of hydrogen-bond donors (Lipinski definition) is 1. The first-order chi connectivity index (χ1) is 14.0. The molecule has 2 rings (SSSR count). The van der Waals surface area contributed by atoms with Crippen molar-refractivity contribution in [3.8, 4) is 5.75 Å². The number of rotatable bonds is 7. The molecule has 0 spiro atoms. The standard InChI is InChI=1S/C22H25Cl2IN2O3/c1-14(21(29)26-22(2,3)4)27(12-15-5-10-18(23)19(24)11-15)20(28)13-30-17-8-6-16(25)7-9-17/h5-11,14H,12-13H2,1-4H3,(H,26,29). The highest BCUT2D eigenvalue weighted by Gasteiger charge is 2.28. The highest BCUT2D eigenvalue weighted by Crippen LogP contribution is 2.24. The molecule has 2 aromatic carbocycles. The van der Waals surface area contributed by atoms with Gasteiger partial charge in [0.25, 0.3) is 5.91 Å². The highest BCUT2D eigenvalue weighted by molar-refractivity contribution is 14.1. The molecule has 30 heavy (non-hydrogen) atoms. The number of carbonyl (C=O) groups is 2. The van der Waals surface area contributed by atoms with E-state index in [9.17, 15) is 9.59 Å². The third-order valence-corrected chi connectivity index (χ3v) is 5.64. The first-order valence-electron chi connectivity index (χ1n) is 9.40. The molecule has 0 fully saturated rings. The zero-order chi connectivity index (χ0) is 22.5. The van der Waals surface area contributed by atoms with Gasteiger partial charge in [0.15, 0.2) is 6.61 Å². The van der Waals surface area contributed by atoms with E-state index in [2.05, 4.69) is 27.9 Å². The fraction of sp³-hybridized carbons (Fsp3) is 0.364. The van der Waals surface area contributed by atoms with E-state index in [1.165, 1.54) is 4.90 Å². The first-order valence-corrected chi connectivity index (χ1v) is 11.2. The highest BCUT2D eigenvalue weighted by atomic mass is 127. The van der Waals surface area contributed by atoms with Crippen molar-refractivity contribution in [3.05, 3.63) is 61.6 Å². The summed E-state index contributed by atoms with van der Waals surface area (Å²) in [6, 6.07) is 11.8. The number of halogens is 3. The zero-order valence-corrected chi connectivity index (χ0v) is 21.0. The molecule has 0 aliphatic rings. The Hall–Kier alpha value is -1.51. The van der Waals surface area contributed by atoms with Gasteiger partial charge in [0, 0.05) is 15.7 Å². The van der Waals surface area contributed by atoms with Crippen molar-refractivity contribution in [3.63, 3.8) is 0 Å². The summed E-state index contributed by atoms with van der Waals surface area (Å²) >= 11 is 14.3. The van der Waals surface area contributed by atoms with Crippen LogP contribution < -0.4 is 10.1 Å². The van der Waals surface area contributed by atoms with Gasteiger partial charge in [0.1, 0.15) is 11.8 Å². The van der Waals surface area contributed by atoms with Gasteiger partial charge in [-0.15, -0.1) is 0 Å². The predicted octanol–water partition coefficient (Wildman–Crippen LogP) is 5.31. The second kappa shape index (κ2) is 10.7. The van der Waals surface area contributed by atoms with Crippen LogP contribution in [0.2, 0.25) is 10.0 Å². The molecule has 0 saturated carbocycles. The first kappa shape index (κ1) is 24.8. The number of amides is 2. The van der Waals surface area contributed by atoms with Crippen LogP contribution in [0.15, 0.2) is 42.5 Å². The second-order valence-electron chi connectivity index (χ2n) is 7.93. The van der Waals surface area contributed by atoms with Gasteiger partial charge >= 0.3 is 0 Å². The lowest BCUT2D eigenvalue weighted by atomic mass is 10.1. The van der Waals surface area contributed by atoms with E-state index in [1.807, 2.05) is 32.9 Å². The van der Waals surface area contributed by atoms with Gasteiger partial charge in [-0.05, 0) is 92.2 Å². The van der Waals surface area contributed by atoms with Crippen molar-refractivity contribution in [2.45, 2.75) is 45.8 Å². The summed E-state index contributed by atoms with van der Waals surface area (Å²) in [4.78, 5) is 27.2. The van der Waals surface area contributed by atoms with Crippen molar-refractivity contribution in [2.75, 3.05) is 6.61 Å². The van der Waals surface area contributed by atoms with Gasteiger partial charge in [-0.3, -0.25) is 9.59 Å². The van der Waals surface area contributed by atoms with Crippen molar-refractivity contribution >= 4 is 57.6 Å². The van der Waals surface area contributed by atoms with E-state index in [1.54, 1.807) is 37.3 Å². The Labute approximate surface area is 201 Å². The Morgan fingerprint density at radius 2 is 1.73 bits per heavy atom. The monoisotopic (exact) mass is 562 g/mol. The Balaban J connectivity index is 2.19. The van der Waals surface area contributed by atoms with E-state index in [4.69, 9.17) is 27.9 Å². The summed E-state index contributed by atoms with van der Waals surface area (Å²) in [6.07, 6.45) is 0. The number of ether oxygens (including phenoxy) is 1. The third kappa shape index (κ3) is 7.63. The molecule has 0 saturated heterocycles. The summed E-state index contributed by atoms with van der Waals surface area (Å²) < 4.78 is 6.71. The van der Waals surface area contributed by atoms with Crippen molar-refractivity contribution in [2.24, 2.45) is 0 Å².